The molecule has 2 heterocycles. The number of carbonyl (C=O) groups excluding carboxylic acids is 1. The maximum Gasteiger partial charge on any atom is 0.276 e. The highest BCUT2D eigenvalue weighted by atomic mass is 35.5. The number of halogens is 2. The largest absolute Gasteiger partial charge is 0.370 e. The van der Waals surface area contributed by atoms with Crippen LogP contribution in [0.4, 0.5) is 15.8 Å². The molecule has 1 aromatic heterocycles. The minimum Gasteiger partial charge on any atom is -0.370 e. The summed E-state index contributed by atoms with van der Waals surface area (Å²) in [7, 11) is 0. The highest BCUT2D eigenvalue weighted by Gasteiger charge is 2.28. The number of hydrogen-bond donors (Lipinski definition) is 1. The van der Waals surface area contributed by atoms with E-state index < -0.39 is 0 Å². The predicted octanol–water partition coefficient (Wildman–Crippen LogP) is 5.01. The van der Waals surface area contributed by atoms with Gasteiger partial charge >= 0.3 is 0 Å². The molecule has 0 spiro atoms. The van der Waals surface area contributed by atoms with Gasteiger partial charge in [-0.3, -0.25) is 4.79 Å². The van der Waals surface area contributed by atoms with E-state index in [2.05, 4.69) is 15.3 Å². The zero-order chi connectivity index (χ0) is 20.7. The molecule has 154 valence electrons. The molecule has 7 heteroatoms. The van der Waals surface area contributed by atoms with Crippen LogP contribution in [0.1, 0.15) is 41.0 Å². The van der Waals surface area contributed by atoms with Crippen molar-refractivity contribution in [3.8, 4) is 5.69 Å². The van der Waals surface area contributed by atoms with Gasteiger partial charge in [0, 0.05) is 29.4 Å². The summed E-state index contributed by atoms with van der Waals surface area (Å²) >= 11 is 6.22. The van der Waals surface area contributed by atoms with Gasteiger partial charge in [-0.05, 0) is 74.6 Å². The Balaban J connectivity index is 1.49. The molecule has 1 aliphatic heterocycles. The Morgan fingerprint density at radius 3 is 2.57 bits per heavy atom. The molecule has 0 bridgehead atoms. The van der Waals surface area contributed by atoms with Crippen molar-refractivity contribution in [1.29, 1.82) is 0 Å². The maximum absolute atomic E-state index is 13.3. The van der Waals surface area contributed by atoms with Gasteiger partial charge < -0.3 is 10.2 Å². The minimum atomic E-state index is -0.295. The number of hydrogen-bond acceptors (Lipinski definition) is 3. The third kappa shape index (κ3) is 3.45. The Morgan fingerprint density at radius 1 is 1.03 bits per heavy atom. The van der Waals surface area contributed by atoms with Crippen molar-refractivity contribution in [3.63, 3.8) is 0 Å². The van der Waals surface area contributed by atoms with Gasteiger partial charge in [-0.15, -0.1) is 0 Å². The molecular weight excluding hydrogens is 403 g/mol. The molecule has 0 unspecified atom stereocenters. The van der Waals surface area contributed by atoms with E-state index >= 15 is 0 Å². The summed E-state index contributed by atoms with van der Waals surface area (Å²) in [5, 5.41) is 8.24. The molecular formula is C23H22ClFN4O. The molecule has 0 radical (unpaired) electrons. The van der Waals surface area contributed by atoms with Crippen LogP contribution in [0.2, 0.25) is 5.02 Å². The second-order valence-corrected chi connectivity index (χ2v) is 8.26. The fourth-order valence-corrected chi connectivity index (χ4v) is 4.61. The predicted molar refractivity (Wildman–Crippen MR) is 116 cm³/mol. The first-order chi connectivity index (χ1) is 14.6. The SMILES string of the molecule is O=C(Nc1cc(Cl)ccc1N1CCCC1)c1nn(-c2ccc(F)cc2)c2c1CCC2. The summed E-state index contributed by atoms with van der Waals surface area (Å²) in [4.78, 5) is 15.5. The lowest BCUT2D eigenvalue weighted by molar-refractivity contribution is 0.102. The minimum absolute atomic E-state index is 0.239. The highest BCUT2D eigenvalue weighted by Crippen LogP contribution is 2.33. The molecule has 1 fully saturated rings. The maximum atomic E-state index is 13.3. The van der Waals surface area contributed by atoms with Crippen LogP contribution >= 0.6 is 11.6 Å². The second-order valence-electron chi connectivity index (χ2n) is 7.83. The van der Waals surface area contributed by atoms with Gasteiger partial charge in [0.1, 0.15) is 5.82 Å². The lowest BCUT2D eigenvalue weighted by Gasteiger charge is -2.21. The quantitative estimate of drug-likeness (QED) is 0.640. The van der Waals surface area contributed by atoms with E-state index in [4.69, 9.17) is 11.6 Å². The van der Waals surface area contributed by atoms with Crippen molar-refractivity contribution in [2.24, 2.45) is 0 Å². The number of amides is 1. The number of nitrogens with zero attached hydrogens (tertiary/aromatic N) is 3. The first-order valence-electron chi connectivity index (χ1n) is 10.3. The summed E-state index contributed by atoms with van der Waals surface area (Å²) in [5.41, 5.74) is 4.88. The normalized spacial score (nSPS) is 15.5. The molecule has 3 aromatic rings. The van der Waals surface area contributed by atoms with E-state index in [1.54, 1.807) is 22.9 Å². The first kappa shape index (κ1) is 19.1. The number of benzene rings is 2. The van der Waals surface area contributed by atoms with Crippen LogP contribution in [0.25, 0.3) is 5.69 Å². The molecule has 30 heavy (non-hydrogen) atoms. The summed E-state index contributed by atoms with van der Waals surface area (Å²) < 4.78 is 15.1. The number of fused-ring (bicyclic) bond motifs is 1. The number of nitrogens with one attached hydrogen (secondary N) is 1. The summed E-state index contributed by atoms with van der Waals surface area (Å²) in [6.45, 7) is 1.94. The highest BCUT2D eigenvalue weighted by molar-refractivity contribution is 6.31. The monoisotopic (exact) mass is 424 g/mol. The van der Waals surface area contributed by atoms with Crippen LogP contribution in [0.5, 0.6) is 0 Å². The average Bonchev–Trinajstić information content (AvgIpc) is 3.47. The van der Waals surface area contributed by atoms with Crippen LogP contribution in [-0.4, -0.2) is 28.8 Å². The van der Waals surface area contributed by atoms with Crippen molar-refractivity contribution in [2.75, 3.05) is 23.3 Å². The number of rotatable bonds is 4. The van der Waals surface area contributed by atoms with Gasteiger partial charge in [-0.25, -0.2) is 9.07 Å². The van der Waals surface area contributed by atoms with Crippen molar-refractivity contribution in [2.45, 2.75) is 32.1 Å². The molecule has 2 aliphatic rings. The Morgan fingerprint density at radius 2 is 1.80 bits per heavy atom. The molecule has 1 aliphatic carbocycles. The van der Waals surface area contributed by atoms with E-state index in [-0.39, 0.29) is 11.7 Å². The molecule has 0 atom stereocenters. The molecule has 1 N–H and O–H groups in total. The standard InChI is InChI=1S/C23H22ClFN4O/c24-15-6-11-21(28-12-1-2-13-28)19(14-15)26-23(30)22-18-4-3-5-20(18)29(27-22)17-9-7-16(25)8-10-17/h6-11,14H,1-5,12-13H2,(H,26,30). The van der Waals surface area contributed by atoms with Gasteiger partial charge in [0.2, 0.25) is 0 Å². The van der Waals surface area contributed by atoms with E-state index in [1.807, 2.05) is 12.1 Å². The third-order valence-corrected chi connectivity index (χ3v) is 6.11. The average molecular weight is 425 g/mol. The van der Waals surface area contributed by atoms with Gasteiger partial charge in [0.05, 0.1) is 17.1 Å². The zero-order valence-corrected chi connectivity index (χ0v) is 17.3. The van der Waals surface area contributed by atoms with Crippen LogP contribution in [0.15, 0.2) is 42.5 Å². The summed E-state index contributed by atoms with van der Waals surface area (Å²) in [6, 6.07) is 11.8. The van der Waals surface area contributed by atoms with Crippen molar-refractivity contribution in [3.05, 3.63) is 70.3 Å². The van der Waals surface area contributed by atoms with Gasteiger partial charge in [-0.2, -0.15) is 5.10 Å². The first-order valence-corrected chi connectivity index (χ1v) is 10.7. The molecule has 1 amide bonds. The van der Waals surface area contributed by atoms with Gasteiger partial charge in [-0.1, -0.05) is 11.6 Å². The zero-order valence-electron chi connectivity index (χ0n) is 16.5. The Hall–Kier alpha value is -2.86. The van der Waals surface area contributed by atoms with Gasteiger partial charge in [0.25, 0.3) is 5.91 Å². The molecule has 2 aromatic carbocycles. The Labute approximate surface area is 179 Å². The molecule has 1 saturated heterocycles. The number of aromatic nitrogens is 2. The lowest BCUT2D eigenvalue weighted by Crippen LogP contribution is -2.21. The van der Waals surface area contributed by atoms with Crippen LogP contribution in [0, 0.1) is 5.82 Å². The van der Waals surface area contributed by atoms with Crippen molar-refractivity contribution >= 4 is 28.9 Å². The number of carbonyl (C=O) groups is 1. The van der Waals surface area contributed by atoms with Crippen molar-refractivity contribution < 1.29 is 9.18 Å². The van der Waals surface area contributed by atoms with Crippen molar-refractivity contribution in [1.82, 2.24) is 9.78 Å². The summed E-state index contributed by atoms with van der Waals surface area (Å²) in [6.07, 6.45) is 4.93. The fraction of sp³-hybridized carbons (Fsp3) is 0.304. The van der Waals surface area contributed by atoms with Crippen LogP contribution in [0.3, 0.4) is 0 Å². The number of anilines is 2. The van der Waals surface area contributed by atoms with Gasteiger partial charge in [0.15, 0.2) is 5.69 Å². The van der Waals surface area contributed by atoms with E-state index in [9.17, 15) is 9.18 Å². The van der Waals surface area contributed by atoms with E-state index in [0.29, 0.717) is 16.4 Å². The molecule has 0 saturated carbocycles. The topological polar surface area (TPSA) is 50.2 Å². The molecule has 5 rings (SSSR count). The van der Waals surface area contributed by atoms with E-state index in [1.165, 1.54) is 12.1 Å². The smallest absolute Gasteiger partial charge is 0.276 e. The Bertz CT molecular complexity index is 1100. The Kier molecular flexibility index (Phi) is 4.95. The summed E-state index contributed by atoms with van der Waals surface area (Å²) in [5.74, 6) is -0.535. The van der Waals surface area contributed by atoms with E-state index in [0.717, 1.165) is 67.8 Å². The molecule has 5 nitrogen and oxygen atoms in total. The van der Waals surface area contributed by atoms with Crippen LogP contribution in [-0.2, 0) is 12.8 Å². The van der Waals surface area contributed by atoms with Crippen LogP contribution < -0.4 is 10.2 Å². The second kappa shape index (κ2) is 7.76. The fourth-order valence-electron chi connectivity index (χ4n) is 4.44. The lowest BCUT2D eigenvalue weighted by atomic mass is 10.1. The third-order valence-electron chi connectivity index (χ3n) is 5.87.